The van der Waals surface area contributed by atoms with Gasteiger partial charge >= 0.3 is 0 Å². The zero-order chi connectivity index (χ0) is 37.4. The average Bonchev–Trinajstić information content (AvgIpc) is 3.41. The molecule has 54 heavy (non-hydrogen) atoms. The number of fused-ring (bicyclic) bond motifs is 1. The summed E-state index contributed by atoms with van der Waals surface area (Å²) in [5, 5.41) is 26.0. The number of nitro groups is 1. The Morgan fingerprint density at radius 1 is 0.593 bits per heavy atom. The third-order valence-electron chi connectivity index (χ3n) is 10.4. The van der Waals surface area contributed by atoms with Crippen LogP contribution in [-0.4, -0.2) is 22.3 Å². The summed E-state index contributed by atoms with van der Waals surface area (Å²) in [7, 11) is 2.08. The Balaban J connectivity index is 1.40. The van der Waals surface area contributed by atoms with Crippen molar-refractivity contribution in [1.82, 2.24) is 0 Å². The Bertz CT molecular complexity index is 2530. The molecule has 1 aliphatic heterocycles. The van der Waals surface area contributed by atoms with Gasteiger partial charge in [-0.15, -0.1) is 0 Å². The average molecular weight is 705 g/mol. The number of hydrogen-bond donors (Lipinski definition) is 0. The summed E-state index contributed by atoms with van der Waals surface area (Å²) in [5.74, 6) is -0.0524. The van der Waals surface area contributed by atoms with Gasteiger partial charge in [-0.25, -0.2) is 0 Å². The van der Waals surface area contributed by atoms with E-state index in [4.69, 9.17) is 0 Å². The molecule has 6 heteroatoms. The lowest BCUT2D eigenvalue weighted by Crippen LogP contribution is -2.36. The van der Waals surface area contributed by atoms with Gasteiger partial charge in [-0.1, -0.05) is 90.7 Å². The normalized spacial score (nSPS) is 13.3. The number of allylic oxidation sites excluding steroid dienone is 1. The van der Waals surface area contributed by atoms with Crippen LogP contribution in [0.3, 0.4) is 0 Å². The number of pyridine rings is 1. The quantitative estimate of drug-likeness (QED) is 0.0898. The third kappa shape index (κ3) is 6.18. The Labute approximate surface area is 315 Å². The van der Waals surface area contributed by atoms with Crippen molar-refractivity contribution in [3.63, 3.8) is 0 Å². The lowest BCUT2D eigenvalue weighted by atomic mass is 9.81. The topological polar surface area (TPSA) is 73.1 Å². The first-order chi connectivity index (χ1) is 26.2. The van der Waals surface area contributed by atoms with Crippen LogP contribution in [0.5, 0.6) is 5.75 Å². The van der Waals surface area contributed by atoms with E-state index in [2.05, 4.69) is 96.8 Å². The van der Waals surface area contributed by atoms with Crippen LogP contribution >= 0.6 is 0 Å². The maximum Gasteiger partial charge on any atom is 0.269 e. The van der Waals surface area contributed by atoms with Gasteiger partial charge in [-0.3, -0.25) is 10.1 Å². The summed E-state index contributed by atoms with van der Waals surface area (Å²) < 4.78 is 4.43. The van der Waals surface area contributed by atoms with E-state index in [0.717, 1.165) is 56.3 Å². The van der Waals surface area contributed by atoms with Crippen molar-refractivity contribution in [2.75, 3.05) is 7.05 Å². The lowest BCUT2D eigenvalue weighted by Gasteiger charge is -2.20. The number of nitro benzene ring substituents is 1. The number of hydrogen-bond acceptors (Lipinski definition) is 3. The van der Waals surface area contributed by atoms with E-state index in [1.807, 2.05) is 84.9 Å². The minimum absolute atomic E-state index is 0.0391. The van der Waals surface area contributed by atoms with Crippen molar-refractivity contribution < 1.29 is 19.2 Å². The molecule has 0 fully saturated rings. The summed E-state index contributed by atoms with van der Waals surface area (Å²) in [4.78, 5) is 11.1. The molecule has 8 rings (SSSR count). The molecule has 0 amide bonds. The largest absolute Gasteiger partial charge is 0.872 e. The van der Waals surface area contributed by atoms with Gasteiger partial charge in [-0.2, -0.15) is 9.14 Å². The second kappa shape index (κ2) is 13.9. The summed E-state index contributed by atoms with van der Waals surface area (Å²) in [5.41, 5.74) is 11.7. The molecular formula is C48H38N3O3+. The van der Waals surface area contributed by atoms with E-state index in [-0.39, 0.29) is 21.8 Å². The molecular weight excluding hydrogens is 667 g/mol. The van der Waals surface area contributed by atoms with Crippen LogP contribution in [0, 0.1) is 10.1 Å². The van der Waals surface area contributed by atoms with Crippen molar-refractivity contribution in [2.45, 2.75) is 19.3 Å². The van der Waals surface area contributed by atoms with Gasteiger partial charge in [0.15, 0.2) is 5.71 Å². The fourth-order valence-corrected chi connectivity index (χ4v) is 7.65. The molecule has 0 spiro atoms. The first-order valence-electron chi connectivity index (χ1n) is 18.0. The molecule has 0 aliphatic carbocycles. The maximum absolute atomic E-state index is 14.5. The minimum atomic E-state index is -0.382. The van der Waals surface area contributed by atoms with Gasteiger partial charge in [-0.05, 0) is 84.1 Å². The van der Waals surface area contributed by atoms with Crippen LogP contribution in [0.2, 0.25) is 0 Å². The van der Waals surface area contributed by atoms with Crippen molar-refractivity contribution >= 4 is 23.2 Å². The number of nitrogens with zero attached hydrogens (tertiary/aromatic N) is 3. The van der Waals surface area contributed by atoms with Crippen LogP contribution in [0.4, 0.5) is 11.4 Å². The number of aromatic nitrogens is 1. The predicted molar refractivity (Wildman–Crippen MR) is 215 cm³/mol. The molecule has 1 aliphatic rings. The lowest BCUT2D eigenvalue weighted by molar-refractivity contribution is -0.572. The summed E-state index contributed by atoms with van der Waals surface area (Å²) in [6.07, 6.45) is 4.06. The third-order valence-corrected chi connectivity index (χ3v) is 10.4. The zero-order valence-electron chi connectivity index (χ0n) is 30.3. The molecule has 6 nitrogen and oxygen atoms in total. The van der Waals surface area contributed by atoms with Gasteiger partial charge in [0.1, 0.15) is 7.05 Å². The second-order valence-corrected chi connectivity index (χ2v) is 14.1. The van der Waals surface area contributed by atoms with Gasteiger partial charge in [0.25, 0.3) is 5.69 Å². The summed E-state index contributed by atoms with van der Waals surface area (Å²) in [6, 6.07) is 53.5. The number of rotatable bonds is 8. The van der Waals surface area contributed by atoms with Gasteiger partial charge < -0.3 is 5.11 Å². The van der Waals surface area contributed by atoms with Crippen LogP contribution in [0.15, 0.2) is 170 Å². The van der Waals surface area contributed by atoms with E-state index in [1.165, 1.54) is 17.7 Å². The predicted octanol–water partition coefficient (Wildman–Crippen LogP) is 10.3. The molecule has 0 bridgehead atoms. The van der Waals surface area contributed by atoms with Crippen LogP contribution < -0.4 is 9.67 Å². The zero-order valence-corrected chi connectivity index (χ0v) is 30.3. The van der Waals surface area contributed by atoms with Gasteiger partial charge in [0.2, 0.25) is 22.8 Å². The molecule has 0 atom stereocenters. The summed E-state index contributed by atoms with van der Waals surface area (Å²) >= 11 is 0. The van der Waals surface area contributed by atoms with Gasteiger partial charge in [0, 0.05) is 65.2 Å². The first kappa shape index (κ1) is 34.2. The molecule has 0 unspecified atom stereocenters. The molecule has 2 heterocycles. The molecule has 0 radical (unpaired) electrons. The number of non-ortho nitro benzene ring substituents is 1. The van der Waals surface area contributed by atoms with Crippen molar-refractivity contribution in [2.24, 2.45) is 0 Å². The van der Waals surface area contributed by atoms with E-state index >= 15 is 0 Å². The molecule has 7 aromatic rings. The maximum atomic E-state index is 14.5. The monoisotopic (exact) mass is 704 g/mol. The van der Waals surface area contributed by atoms with Crippen LogP contribution in [-0.2, 0) is 5.41 Å². The smallest absolute Gasteiger partial charge is 0.269 e. The Morgan fingerprint density at radius 2 is 1.13 bits per heavy atom. The van der Waals surface area contributed by atoms with Crippen molar-refractivity contribution in [3.8, 4) is 56.2 Å². The van der Waals surface area contributed by atoms with Crippen molar-refractivity contribution in [3.05, 3.63) is 191 Å². The molecule has 0 N–H and O–H groups in total. The van der Waals surface area contributed by atoms with E-state index in [9.17, 15) is 15.2 Å². The highest BCUT2D eigenvalue weighted by atomic mass is 16.6. The van der Waals surface area contributed by atoms with E-state index < -0.39 is 0 Å². The first-order valence-corrected chi connectivity index (χ1v) is 18.0. The standard InChI is InChI=1S/C48H38N3O3/c1-48(2)42-21-13-14-22-43(42)49(3)46(48)28-25-37-29-40(32-41(47(37)52)34-15-7-4-8-16-34)50-44(35-17-9-5-10-18-35)30-38(31-45(50)36-19-11-6-12-20-36)33-23-26-39(27-24-33)51(53)54/h4-32H,1-3H3/q+1. The molecule has 0 saturated carbocycles. The van der Waals surface area contributed by atoms with Crippen LogP contribution in [0.25, 0.3) is 56.5 Å². The highest BCUT2D eigenvalue weighted by Crippen LogP contribution is 2.40. The van der Waals surface area contributed by atoms with Crippen molar-refractivity contribution in [1.29, 1.82) is 0 Å². The summed E-state index contributed by atoms with van der Waals surface area (Å²) in [6.45, 7) is 4.44. The SMILES string of the molecule is C[N+]1=C(/C=C\c2cc(-[n+]3c(-c4ccccc4)cc(-c4ccc([N+](=O)[O-])cc4)cc3-c3ccccc3)cc(-c3ccccc3)c2[O-])C(C)(C)c2ccccc21. The molecule has 262 valence electrons. The Morgan fingerprint density at radius 3 is 1.69 bits per heavy atom. The second-order valence-electron chi connectivity index (χ2n) is 14.1. The Hall–Kier alpha value is -6.92. The number of para-hydroxylation sites is 1. The Kier molecular flexibility index (Phi) is 8.80. The van der Waals surface area contributed by atoms with Crippen LogP contribution in [0.1, 0.15) is 25.0 Å². The number of benzene rings is 6. The fourth-order valence-electron chi connectivity index (χ4n) is 7.65. The van der Waals surface area contributed by atoms with E-state index in [0.29, 0.717) is 11.1 Å². The molecule has 6 aromatic carbocycles. The fraction of sp³-hybridized carbons (Fsp3) is 0.0833. The molecule has 0 saturated heterocycles. The highest BCUT2D eigenvalue weighted by Gasteiger charge is 2.42. The van der Waals surface area contributed by atoms with E-state index in [1.54, 1.807) is 12.1 Å². The minimum Gasteiger partial charge on any atom is -0.872 e. The molecule has 1 aromatic heterocycles. The highest BCUT2D eigenvalue weighted by molar-refractivity contribution is 6.05. The van der Waals surface area contributed by atoms with Gasteiger partial charge in [0.05, 0.1) is 10.3 Å².